The molecule has 2 aliphatic rings. The van der Waals surface area contributed by atoms with E-state index in [2.05, 4.69) is 26.8 Å². The summed E-state index contributed by atoms with van der Waals surface area (Å²) < 4.78 is 0. The fourth-order valence-electron chi connectivity index (χ4n) is 4.65. The molecule has 0 saturated heterocycles. The van der Waals surface area contributed by atoms with Gasteiger partial charge in [0.1, 0.15) is 0 Å². The molecule has 108 valence electrons. The lowest BCUT2D eigenvalue weighted by molar-refractivity contribution is -0.151. The summed E-state index contributed by atoms with van der Waals surface area (Å²) in [5.74, 6) is 1.41. The number of aliphatic hydroxyl groups is 1. The second kappa shape index (κ2) is 5.44. The van der Waals surface area contributed by atoms with Gasteiger partial charge in [-0.3, -0.25) is 0 Å². The number of hydrogen-bond acceptors (Lipinski definition) is 2. The van der Waals surface area contributed by atoms with Crippen LogP contribution in [0.4, 0.5) is 0 Å². The van der Waals surface area contributed by atoms with E-state index in [0.717, 1.165) is 38.5 Å². The van der Waals surface area contributed by atoms with Crippen LogP contribution in [0.3, 0.4) is 0 Å². The number of nitriles is 1. The van der Waals surface area contributed by atoms with Crippen molar-refractivity contribution in [2.24, 2.45) is 23.2 Å². The van der Waals surface area contributed by atoms with E-state index in [1.807, 2.05) is 0 Å². The third-order valence-corrected chi connectivity index (χ3v) is 6.30. The van der Waals surface area contributed by atoms with E-state index in [1.54, 1.807) is 0 Å². The van der Waals surface area contributed by atoms with Crippen molar-refractivity contribution in [2.45, 2.75) is 77.7 Å². The highest BCUT2D eigenvalue weighted by Crippen LogP contribution is 2.55. The second-order valence-corrected chi connectivity index (χ2v) is 7.15. The van der Waals surface area contributed by atoms with Crippen LogP contribution in [0, 0.1) is 34.5 Å². The van der Waals surface area contributed by atoms with Crippen molar-refractivity contribution in [3.63, 3.8) is 0 Å². The van der Waals surface area contributed by atoms with E-state index in [-0.39, 0.29) is 5.92 Å². The second-order valence-electron chi connectivity index (χ2n) is 7.15. The smallest absolute Gasteiger partial charge is 0.0865 e. The third kappa shape index (κ3) is 2.31. The van der Waals surface area contributed by atoms with Gasteiger partial charge in [0.15, 0.2) is 0 Å². The molecule has 0 bridgehead atoms. The molecule has 0 heterocycles. The summed E-state index contributed by atoms with van der Waals surface area (Å²) in [6, 6.07) is 2.59. The zero-order valence-corrected chi connectivity index (χ0v) is 12.8. The van der Waals surface area contributed by atoms with Crippen LogP contribution in [-0.2, 0) is 0 Å². The first kappa shape index (κ1) is 14.9. The molecule has 2 fully saturated rings. The summed E-state index contributed by atoms with van der Waals surface area (Å²) in [7, 11) is 0. The van der Waals surface area contributed by atoms with Crippen molar-refractivity contribution in [1.29, 1.82) is 5.26 Å². The first-order chi connectivity index (χ1) is 8.99. The summed E-state index contributed by atoms with van der Waals surface area (Å²) in [6.07, 6.45) is 8.38. The highest BCUT2D eigenvalue weighted by molar-refractivity contribution is 5.16. The molecule has 0 aromatic carbocycles. The van der Waals surface area contributed by atoms with E-state index in [4.69, 9.17) is 0 Å². The quantitative estimate of drug-likeness (QED) is 0.808. The molecule has 1 N–H and O–H groups in total. The topological polar surface area (TPSA) is 44.0 Å². The first-order valence-corrected chi connectivity index (χ1v) is 8.12. The van der Waals surface area contributed by atoms with Gasteiger partial charge in [-0.25, -0.2) is 0 Å². The van der Waals surface area contributed by atoms with Gasteiger partial charge in [-0.1, -0.05) is 52.9 Å². The molecule has 2 saturated carbocycles. The molecule has 2 nitrogen and oxygen atoms in total. The zero-order valence-electron chi connectivity index (χ0n) is 12.8. The Morgan fingerprint density at radius 2 is 1.89 bits per heavy atom. The number of hydrogen-bond donors (Lipinski definition) is 1. The molecule has 0 aromatic rings. The number of nitrogens with zero attached hydrogens (tertiary/aromatic N) is 1. The van der Waals surface area contributed by atoms with E-state index in [1.165, 1.54) is 12.8 Å². The van der Waals surface area contributed by atoms with Crippen LogP contribution in [0.5, 0.6) is 0 Å². The van der Waals surface area contributed by atoms with Gasteiger partial charge in [0.2, 0.25) is 0 Å². The molecular weight excluding hydrogens is 234 g/mol. The zero-order chi connectivity index (χ0) is 14.1. The van der Waals surface area contributed by atoms with Gasteiger partial charge in [0, 0.05) is 0 Å². The van der Waals surface area contributed by atoms with Crippen LogP contribution in [0.25, 0.3) is 0 Å². The fourth-order valence-corrected chi connectivity index (χ4v) is 4.65. The van der Waals surface area contributed by atoms with Crippen molar-refractivity contribution in [1.82, 2.24) is 0 Å². The van der Waals surface area contributed by atoms with Gasteiger partial charge >= 0.3 is 0 Å². The Morgan fingerprint density at radius 3 is 2.53 bits per heavy atom. The highest BCUT2D eigenvalue weighted by Gasteiger charge is 2.57. The molecule has 5 atom stereocenters. The van der Waals surface area contributed by atoms with Gasteiger partial charge in [-0.15, -0.1) is 0 Å². The maximum atomic E-state index is 11.4. The Bertz CT molecular complexity index is 361. The van der Waals surface area contributed by atoms with Crippen LogP contribution in [0.2, 0.25) is 0 Å². The molecule has 2 aliphatic carbocycles. The van der Waals surface area contributed by atoms with E-state index < -0.39 is 11.0 Å². The van der Waals surface area contributed by atoms with Gasteiger partial charge in [-0.05, 0) is 37.0 Å². The van der Waals surface area contributed by atoms with E-state index in [9.17, 15) is 10.4 Å². The first-order valence-electron chi connectivity index (χ1n) is 8.12. The predicted molar refractivity (Wildman–Crippen MR) is 77.4 cm³/mol. The summed E-state index contributed by atoms with van der Waals surface area (Å²) in [4.78, 5) is 0. The molecule has 0 radical (unpaired) electrons. The summed E-state index contributed by atoms with van der Waals surface area (Å²) in [5, 5.41) is 21.2. The van der Waals surface area contributed by atoms with Crippen LogP contribution in [0.1, 0.15) is 72.1 Å². The van der Waals surface area contributed by atoms with Crippen molar-refractivity contribution in [3.8, 4) is 6.07 Å². The third-order valence-electron chi connectivity index (χ3n) is 6.30. The number of rotatable bonds is 2. The minimum Gasteiger partial charge on any atom is -0.388 e. The summed E-state index contributed by atoms with van der Waals surface area (Å²) in [6.45, 7) is 6.62. The molecule has 2 rings (SSSR count). The van der Waals surface area contributed by atoms with Gasteiger partial charge in [0.05, 0.1) is 17.1 Å². The van der Waals surface area contributed by atoms with E-state index in [0.29, 0.717) is 11.8 Å². The Labute approximate surface area is 118 Å². The van der Waals surface area contributed by atoms with Crippen molar-refractivity contribution in [2.75, 3.05) is 0 Å². The minimum atomic E-state index is -0.757. The lowest BCUT2D eigenvalue weighted by Crippen LogP contribution is -2.57. The highest BCUT2D eigenvalue weighted by atomic mass is 16.3. The van der Waals surface area contributed by atoms with Crippen LogP contribution >= 0.6 is 0 Å². The minimum absolute atomic E-state index is 0.247. The Kier molecular flexibility index (Phi) is 4.26. The normalized spacial score (nSPS) is 47.6. The summed E-state index contributed by atoms with van der Waals surface area (Å²) in [5.41, 5.74) is -1.24. The van der Waals surface area contributed by atoms with Crippen LogP contribution in [0.15, 0.2) is 0 Å². The lowest BCUT2D eigenvalue weighted by atomic mass is 9.53. The lowest BCUT2D eigenvalue weighted by Gasteiger charge is -2.53. The monoisotopic (exact) mass is 263 g/mol. The molecule has 0 aromatic heterocycles. The molecule has 0 amide bonds. The molecular formula is C17H29NO. The Balaban J connectivity index is 2.31. The maximum absolute atomic E-state index is 11.4. The van der Waals surface area contributed by atoms with Crippen LogP contribution in [-0.4, -0.2) is 10.7 Å². The molecule has 0 aliphatic heterocycles. The van der Waals surface area contributed by atoms with Crippen molar-refractivity contribution < 1.29 is 5.11 Å². The average molecular weight is 263 g/mol. The van der Waals surface area contributed by atoms with Crippen LogP contribution < -0.4 is 0 Å². The summed E-state index contributed by atoms with van der Waals surface area (Å²) >= 11 is 0. The van der Waals surface area contributed by atoms with Gasteiger partial charge < -0.3 is 5.11 Å². The van der Waals surface area contributed by atoms with E-state index >= 15 is 0 Å². The molecule has 19 heavy (non-hydrogen) atoms. The largest absolute Gasteiger partial charge is 0.388 e. The van der Waals surface area contributed by atoms with Gasteiger partial charge in [0.25, 0.3) is 0 Å². The molecule has 0 spiro atoms. The van der Waals surface area contributed by atoms with Crippen molar-refractivity contribution >= 4 is 0 Å². The standard InChI is InChI=1S/C17H29NO/c1-4-15-8-6-9-16(11-15,12-18)17(19)10-5-7-13(2)14(17)3/h13-15,19H,4-11H2,1-3H3. The maximum Gasteiger partial charge on any atom is 0.0865 e. The SMILES string of the molecule is CCC1CCCC(C#N)(C2(O)CCCC(C)C2C)C1. The Hall–Kier alpha value is -0.550. The van der Waals surface area contributed by atoms with Gasteiger partial charge in [-0.2, -0.15) is 5.26 Å². The molecule has 2 heteroatoms. The Morgan fingerprint density at radius 1 is 1.21 bits per heavy atom. The average Bonchev–Trinajstić information content (AvgIpc) is 2.44. The predicted octanol–water partition coefficient (Wildman–Crippen LogP) is 4.28. The fraction of sp³-hybridized carbons (Fsp3) is 0.941. The van der Waals surface area contributed by atoms with Crippen molar-refractivity contribution in [3.05, 3.63) is 0 Å². The molecule has 5 unspecified atom stereocenters.